The SMILES string of the molecule is CC1CCCC(N(C)C(=O)CN)C1. The zero-order chi connectivity index (χ0) is 9.84. The molecule has 0 saturated heterocycles. The highest BCUT2D eigenvalue weighted by molar-refractivity contribution is 5.78. The van der Waals surface area contributed by atoms with Crippen LogP contribution in [0.1, 0.15) is 32.6 Å². The van der Waals surface area contributed by atoms with Crippen LogP contribution in [0.3, 0.4) is 0 Å². The van der Waals surface area contributed by atoms with E-state index in [9.17, 15) is 4.79 Å². The number of carbonyl (C=O) groups is 1. The third kappa shape index (κ3) is 2.69. The van der Waals surface area contributed by atoms with E-state index >= 15 is 0 Å². The molecule has 1 rings (SSSR count). The minimum Gasteiger partial charge on any atom is -0.342 e. The third-order valence-electron chi connectivity index (χ3n) is 3.02. The average Bonchev–Trinajstić information content (AvgIpc) is 2.15. The summed E-state index contributed by atoms with van der Waals surface area (Å²) in [5.74, 6) is 0.825. The Morgan fingerprint density at radius 2 is 2.23 bits per heavy atom. The molecular weight excluding hydrogens is 164 g/mol. The second kappa shape index (κ2) is 4.61. The Bertz CT molecular complexity index is 182. The van der Waals surface area contributed by atoms with E-state index in [1.165, 1.54) is 12.8 Å². The Morgan fingerprint density at radius 1 is 1.54 bits per heavy atom. The molecule has 3 nitrogen and oxygen atoms in total. The van der Waals surface area contributed by atoms with Gasteiger partial charge in [-0.2, -0.15) is 0 Å². The summed E-state index contributed by atoms with van der Waals surface area (Å²) in [6, 6.07) is 0.430. The van der Waals surface area contributed by atoms with Crippen LogP contribution in [-0.2, 0) is 4.79 Å². The molecule has 1 amide bonds. The van der Waals surface area contributed by atoms with Gasteiger partial charge in [0.2, 0.25) is 5.91 Å². The van der Waals surface area contributed by atoms with Crippen molar-refractivity contribution >= 4 is 5.91 Å². The van der Waals surface area contributed by atoms with Gasteiger partial charge in [0, 0.05) is 13.1 Å². The topological polar surface area (TPSA) is 46.3 Å². The van der Waals surface area contributed by atoms with Crippen molar-refractivity contribution in [3.05, 3.63) is 0 Å². The zero-order valence-electron chi connectivity index (χ0n) is 8.62. The van der Waals surface area contributed by atoms with Crippen molar-refractivity contribution in [3.63, 3.8) is 0 Å². The fraction of sp³-hybridized carbons (Fsp3) is 0.900. The number of rotatable bonds is 2. The van der Waals surface area contributed by atoms with Crippen molar-refractivity contribution in [1.29, 1.82) is 0 Å². The molecule has 3 heteroatoms. The minimum absolute atomic E-state index is 0.0686. The molecular formula is C10H20N2O. The van der Waals surface area contributed by atoms with Crippen LogP contribution in [0, 0.1) is 5.92 Å². The first-order valence-corrected chi connectivity index (χ1v) is 5.11. The summed E-state index contributed by atoms with van der Waals surface area (Å²) in [5.41, 5.74) is 5.32. The van der Waals surface area contributed by atoms with E-state index in [1.54, 1.807) is 0 Å². The highest BCUT2D eigenvalue weighted by Gasteiger charge is 2.24. The van der Waals surface area contributed by atoms with Gasteiger partial charge in [0.1, 0.15) is 0 Å². The van der Waals surface area contributed by atoms with Gasteiger partial charge in [0.05, 0.1) is 6.54 Å². The van der Waals surface area contributed by atoms with Crippen LogP contribution >= 0.6 is 0 Å². The Balaban J connectivity index is 2.45. The third-order valence-corrected chi connectivity index (χ3v) is 3.02. The van der Waals surface area contributed by atoms with Gasteiger partial charge in [0.15, 0.2) is 0 Å². The van der Waals surface area contributed by atoms with Gasteiger partial charge in [-0.25, -0.2) is 0 Å². The number of amides is 1. The number of nitrogens with two attached hydrogens (primary N) is 1. The van der Waals surface area contributed by atoms with Crippen LogP contribution < -0.4 is 5.73 Å². The largest absolute Gasteiger partial charge is 0.342 e. The molecule has 0 aromatic carbocycles. The fourth-order valence-corrected chi connectivity index (χ4v) is 2.10. The van der Waals surface area contributed by atoms with Crippen molar-refractivity contribution < 1.29 is 4.79 Å². The van der Waals surface area contributed by atoms with Crippen molar-refractivity contribution in [2.75, 3.05) is 13.6 Å². The monoisotopic (exact) mass is 184 g/mol. The standard InChI is InChI=1S/C10H20N2O/c1-8-4-3-5-9(6-8)12(2)10(13)7-11/h8-9H,3-7,11H2,1-2H3. The van der Waals surface area contributed by atoms with Crippen LogP contribution in [0.5, 0.6) is 0 Å². The van der Waals surface area contributed by atoms with Crippen molar-refractivity contribution in [2.45, 2.75) is 38.6 Å². The summed E-state index contributed by atoms with van der Waals surface area (Å²) in [5, 5.41) is 0. The molecule has 0 radical (unpaired) electrons. The van der Waals surface area contributed by atoms with Gasteiger partial charge >= 0.3 is 0 Å². The first-order valence-electron chi connectivity index (χ1n) is 5.11. The second-order valence-electron chi connectivity index (χ2n) is 4.13. The lowest BCUT2D eigenvalue weighted by Gasteiger charge is -2.33. The second-order valence-corrected chi connectivity index (χ2v) is 4.13. The molecule has 1 aliphatic rings. The molecule has 2 N–H and O–H groups in total. The summed E-state index contributed by atoms with van der Waals surface area (Å²) < 4.78 is 0. The summed E-state index contributed by atoms with van der Waals surface area (Å²) >= 11 is 0. The van der Waals surface area contributed by atoms with Crippen LogP contribution in [0.25, 0.3) is 0 Å². The smallest absolute Gasteiger partial charge is 0.236 e. The Morgan fingerprint density at radius 3 is 2.77 bits per heavy atom. The first kappa shape index (κ1) is 10.5. The molecule has 76 valence electrons. The first-order chi connectivity index (χ1) is 6.15. The van der Waals surface area contributed by atoms with E-state index in [0.717, 1.165) is 18.8 Å². The Labute approximate surface area is 80.3 Å². The number of hydrogen-bond acceptors (Lipinski definition) is 2. The molecule has 0 aromatic rings. The van der Waals surface area contributed by atoms with Crippen molar-refractivity contribution in [3.8, 4) is 0 Å². The van der Waals surface area contributed by atoms with Gasteiger partial charge in [0.25, 0.3) is 0 Å². The van der Waals surface area contributed by atoms with Gasteiger partial charge < -0.3 is 10.6 Å². The maximum atomic E-state index is 11.3. The highest BCUT2D eigenvalue weighted by Crippen LogP contribution is 2.26. The quantitative estimate of drug-likeness (QED) is 0.695. The molecule has 0 bridgehead atoms. The molecule has 0 aromatic heterocycles. The fourth-order valence-electron chi connectivity index (χ4n) is 2.10. The lowest BCUT2D eigenvalue weighted by Crippen LogP contribution is -2.42. The zero-order valence-corrected chi connectivity index (χ0v) is 8.62. The lowest BCUT2D eigenvalue weighted by atomic mass is 9.86. The van der Waals surface area contributed by atoms with Crippen LogP contribution in [-0.4, -0.2) is 30.4 Å². The lowest BCUT2D eigenvalue weighted by molar-refractivity contribution is -0.131. The van der Waals surface area contributed by atoms with E-state index in [-0.39, 0.29) is 12.5 Å². The highest BCUT2D eigenvalue weighted by atomic mass is 16.2. The molecule has 2 atom stereocenters. The molecule has 0 heterocycles. The van der Waals surface area contributed by atoms with Crippen molar-refractivity contribution in [2.24, 2.45) is 11.7 Å². The average molecular weight is 184 g/mol. The maximum Gasteiger partial charge on any atom is 0.236 e. The van der Waals surface area contributed by atoms with Gasteiger partial charge in [-0.05, 0) is 18.8 Å². The molecule has 0 spiro atoms. The number of hydrogen-bond donors (Lipinski definition) is 1. The normalized spacial score (nSPS) is 28.5. The molecule has 2 unspecified atom stereocenters. The number of likely N-dealkylation sites (N-methyl/N-ethyl adjacent to an activating group) is 1. The predicted octanol–water partition coefficient (Wildman–Crippen LogP) is 0.982. The van der Waals surface area contributed by atoms with Crippen LogP contribution in [0.2, 0.25) is 0 Å². The van der Waals surface area contributed by atoms with Gasteiger partial charge in [-0.3, -0.25) is 4.79 Å². The van der Waals surface area contributed by atoms with E-state index in [2.05, 4.69) is 6.92 Å². The summed E-state index contributed by atoms with van der Waals surface area (Å²) in [4.78, 5) is 13.1. The summed E-state index contributed by atoms with van der Waals surface area (Å²) in [6.45, 7) is 2.40. The summed E-state index contributed by atoms with van der Waals surface area (Å²) in [7, 11) is 1.87. The van der Waals surface area contributed by atoms with E-state index in [4.69, 9.17) is 5.73 Å². The predicted molar refractivity (Wildman–Crippen MR) is 53.2 cm³/mol. The van der Waals surface area contributed by atoms with Crippen molar-refractivity contribution in [1.82, 2.24) is 4.90 Å². The summed E-state index contributed by atoms with van der Waals surface area (Å²) in [6.07, 6.45) is 4.84. The van der Waals surface area contributed by atoms with Gasteiger partial charge in [-0.1, -0.05) is 19.8 Å². The van der Waals surface area contributed by atoms with Crippen LogP contribution in [0.4, 0.5) is 0 Å². The van der Waals surface area contributed by atoms with Crippen LogP contribution in [0.15, 0.2) is 0 Å². The Hall–Kier alpha value is -0.570. The Kier molecular flexibility index (Phi) is 3.72. The molecule has 1 fully saturated rings. The molecule has 1 aliphatic carbocycles. The van der Waals surface area contributed by atoms with E-state index < -0.39 is 0 Å². The van der Waals surface area contributed by atoms with Gasteiger partial charge in [-0.15, -0.1) is 0 Å². The minimum atomic E-state index is 0.0686. The van der Waals surface area contributed by atoms with E-state index in [0.29, 0.717) is 6.04 Å². The molecule has 1 saturated carbocycles. The number of carbonyl (C=O) groups excluding carboxylic acids is 1. The number of nitrogens with zero attached hydrogens (tertiary/aromatic N) is 1. The van der Waals surface area contributed by atoms with E-state index in [1.807, 2.05) is 11.9 Å². The maximum absolute atomic E-state index is 11.3. The molecule has 0 aliphatic heterocycles. The molecule has 13 heavy (non-hydrogen) atoms.